The van der Waals surface area contributed by atoms with Gasteiger partial charge in [0.2, 0.25) is 0 Å². The van der Waals surface area contributed by atoms with Gasteiger partial charge in [0.25, 0.3) is 0 Å². The molecule has 3 rings (SSSR count). The molecule has 0 saturated heterocycles. The molecule has 4 nitrogen and oxygen atoms in total. The van der Waals surface area contributed by atoms with Gasteiger partial charge in [-0.15, -0.1) is 0 Å². The van der Waals surface area contributed by atoms with Crippen LogP contribution >= 0.6 is 0 Å². The van der Waals surface area contributed by atoms with Gasteiger partial charge in [-0.05, 0) is 29.8 Å². The van der Waals surface area contributed by atoms with E-state index in [1.54, 1.807) is 6.07 Å². The van der Waals surface area contributed by atoms with E-state index in [1.165, 1.54) is 19.2 Å². The Kier molecular flexibility index (Phi) is 3.55. The highest BCUT2D eigenvalue weighted by Gasteiger charge is 2.16. The number of rotatable bonds is 4. The molecule has 0 fully saturated rings. The van der Waals surface area contributed by atoms with Gasteiger partial charge in [0, 0.05) is 16.5 Å². The molecule has 1 aromatic heterocycles. The second-order valence-electron chi connectivity index (χ2n) is 4.94. The Morgan fingerprint density at radius 1 is 1.27 bits per heavy atom. The Hall–Kier alpha value is -2.82. The number of carbonyl (C=O) groups is 1. The third kappa shape index (κ3) is 2.41. The number of aliphatic carboxylic acids is 1. The zero-order valence-corrected chi connectivity index (χ0v) is 11.9. The number of aromatic amines is 1. The van der Waals surface area contributed by atoms with Crippen LogP contribution in [-0.4, -0.2) is 23.2 Å². The molecule has 0 spiro atoms. The van der Waals surface area contributed by atoms with Crippen molar-refractivity contribution >= 4 is 16.9 Å². The van der Waals surface area contributed by atoms with Crippen LogP contribution in [0.4, 0.5) is 4.39 Å². The Labute approximate surface area is 126 Å². The lowest BCUT2D eigenvalue weighted by Gasteiger charge is -2.06. The maximum atomic E-state index is 13.9. The quantitative estimate of drug-likeness (QED) is 0.773. The Balaban J connectivity index is 2.21. The molecule has 5 heteroatoms. The first-order valence-corrected chi connectivity index (χ1v) is 6.75. The summed E-state index contributed by atoms with van der Waals surface area (Å²) in [6.07, 6.45) is -0.132. The van der Waals surface area contributed by atoms with E-state index in [1.807, 2.05) is 24.3 Å². The summed E-state index contributed by atoms with van der Waals surface area (Å²) in [5.74, 6) is -1.26. The standard InChI is InChI=1S/C17H14FNO3/c1-22-15-7-6-10(8-13(15)18)17-12(9-16(20)21)11-4-2-3-5-14(11)19-17/h2-8,19H,9H2,1H3,(H,20,21). The predicted octanol–water partition coefficient (Wildman–Crippen LogP) is 3.61. The smallest absolute Gasteiger partial charge is 0.307 e. The van der Waals surface area contributed by atoms with Crippen LogP contribution in [-0.2, 0) is 11.2 Å². The largest absolute Gasteiger partial charge is 0.494 e. The van der Waals surface area contributed by atoms with Gasteiger partial charge in [-0.2, -0.15) is 0 Å². The fourth-order valence-electron chi connectivity index (χ4n) is 2.60. The highest BCUT2D eigenvalue weighted by molar-refractivity contribution is 5.93. The van der Waals surface area contributed by atoms with E-state index in [-0.39, 0.29) is 12.2 Å². The predicted molar refractivity (Wildman–Crippen MR) is 81.6 cm³/mol. The summed E-state index contributed by atoms with van der Waals surface area (Å²) >= 11 is 0. The second-order valence-corrected chi connectivity index (χ2v) is 4.94. The number of aromatic nitrogens is 1. The zero-order valence-electron chi connectivity index (χ0n) is 11.9. The topological polar surface area (TPSA) is 62.3 Å². The summed E-state index contributed by atoms with van der Waals surface area (Å²) in [5, 5.41) is 9.97. The first-order chi connectivity index (χ1) is 10.6. The first kappa shape index (κ1) is 14.1. The van der Waals surface area contributed by atoms with E-state index in [4.69, 9.17) is 9.84 Å². The number of carboxylic acids is 1. The van der Waals surface area contributed by atoms with Gasteiger partial charge < -0.3 is 14.8 Å². The van der Waals surface area contributed by atoms with Gasteiger partial charge in [-0.25, -0.2) is 4.39 Å². The van der Waals surface area contributed by atoms with Crippen LogP contribution in [0.25, 0.3) is 22.2 Å². The Morgan fingerprint density at radius 2 is 2.05 bits per heavy atom. The van der Waals surface area contributed by atoms with Crippen LogP contribution in [0.3, 0.4) is 0 Å². The van der Waals surface area contributed by atoms with Gasteiger partial charge in [0.1, 0.15) is 0 Å². The highest BCUT2D eigenvalue weighted by atomic mass is 19.1. The molecule has 1 heterocycles. The third-order valence-electron chi connectivity index (χ3n) is 3.58. The lowest BCUT2D eigenvalue weighted by Crippen LogP contribution is -2.01. The molecule has 0 saturated carbocycles. The van der Waals surface area contributed by atoms with Crippen LogP contribution in [0.2, 0.25) is 0 Å². The Bertz CT molecular complexity index is 854. The van der Waals surface area contributed by atoms with Crippen LogP contribution in [0.5, 0.6) is 5.75 Å². The van der Waals surface area contributed by atoms with Crippen molar-refractivity contribution < 1.29 is 19.0 Å². The number of hydrogen-bond donors (Lipinski definition) is 2. The molecule has 0 aliphatic rings. The molecular weight excluding hydrogens is 285 g/mol. The third-order valence-corrected chi connectivity index (χ3v) is 3.58. The summed E-state index contributed by atoms with van der Waals surface area (Å²) in [4.78, 5) is 14.3. The number of methoxy groups -OCH3 is 1. The van der Waals surface area contributed by atoms with Crippen LogP contribution < -0.4 is 4.74 Å². The minimum Gasteiger partial charge on any atom is -0.494 e. The number of H-pyrrole nitrogens is 1. The molecule has 0 atom stereocenters. The van der Waals surface area contributed by atoms with Crippen molar-refractivity contribution in [3.8, 4) is 17.0 Å². The lowest BCUT2D eigenvalue weighted by molar-refractivity contribution is -0.136. The summed E-state index contributed by atoms with van der Waals surface area (Å²) in [6, 6.07) is 12.0. The normalized spacial score (nSPS) is 10.8. The number of carboxylic acid groups (broad SMARTS) is 1. The second kappa shape index (κ2) is 5.52. The number of hydrogen-bond acceptors (Lipinski definition) is 2. The minimum absolute atomic E-state index is 0.132. The van der Waals surface area contributed by atoms with Crippen LogP contribution in [0, 0.1) is 5.82 Å². The van der Waals surface area contributed by atoms with E-state index in [9.17, 15) is 9.18 Å². The average molecular weight is 299 g/mol. The Morgan fingerprint density at radius 3 is 2.73 bits per heavy atom. The number of nitrogens with one attached hydrogen (secondary N) is 1. The number of halogens is 1. The van der Waals surface area contributed by atoms with Gasteiger partial charge >= 0.3 is 5.97 Å². The van der Waals surface area contributed by atoms with Crippen molar-refractivity contribution in [3.05, 3.63) is 53.8 Å². The molecule has 0 amide bonds. The van der Waals surface area contributed by atoms with Gasteiger partial charge in [0.05, 0.1) is 19.2 Å². The number of ether oxygens (including phenoxy) is 1. The van der Waals surface area contributed by atoms with Crippen LogP contribution in [0.1, 0.15) is 5.56 Å². The fourth-order valence-corrected chi connectivity index (χ4v) is 2.60. The van der Waals surface area contributed by atoms with Gasteiger partial charge in [-0.3, -0.25) is 4.79 Å². The maximum Gasteiger partial charge on any atom is 0.307 e. The number of benzene rings is 2. The summed E-state index contributed by atoms with van der Waals surface area (Å²) in [6.45, 7) is 0. The molecule has 0 aliphatic carbocycles. The van der Waals surface area contributed by atoms with Crippen molar-refractivity contribution in [2.24, 2.45) is 0 Å². The molecule has 0 aliphatic heterocycles. The van der Waals surface area contributed by atoms with E-state index in [0.717, 1.165) is 10.9 Å². The molecule has 22 heavy (non-hydrogen) atoms. The first-order valence-electron chi connectivity index (χ1n) is 6.75. The summed E-state index contributed by atoms with van der Waals surface area (Å²) in [5.41, 5.74) is 2.67. The fraction of sp³-hybridized carbons (Fsp3) is 0.118. The van der Waals surface area contributed by atoms with Crippen molar-refractivity contribution in [1.82, 2.24) is 4.98 Å². The molecule has 0 radical (unpaired) electrons. The monoisotopic (exact) mass is 299 g/mol. The van der Waals surface area contributed by atoms with Gasteiger partial charge in [0.15, 0.2) is 11.6 Å². The summed E-state index contributed by atoms with van der Waals surface area (Å²) < 4.78 is 18.8. The average Bonchev–Trinajstić information content (AvgIpc) is 2.85. The molecule has 2 aromatic carbocycles. The zero-order chi connectivity index (χ0) is 15.7. The van der Waals surface area contributed by atoms with E-state index >= 15 is 0 Å². The van der Waals surface area contributed by atoms with Crippen molar-refractivity contribution in [3.63, 3.8) is 0 Å². The number of fused-ring (bicyclic) bond motifs is 1. The minimum atomic E-state index is -0.931. The lowest BCUT2D eigenvalue weighted by atomic mass is 10.0. The van der Waals surface area contributed by atoms with Crippen molar-refractivity contribution in [2.45, 2.75) is 6.42 Å². The molecule has 3 aromatic rings. The van der Waals surface area contributed by atoms with Crippen LogP contribution in [0.15, 0.2) is 42.5 Å². The van der Waals surface area contributed by atoms with E-state index < -0.39 is 11.8 Å². The number of para-hydroxylation sites is 1. The summed E-state index contributed by atoms with van der Waals surface area (Å²) in [7, 11) is 1.40. The van der Waals surface area contributed by atoms with E-state index in [2.05, 4.69) is 4.98 Å². The maximum absolute atomic E-state index is 13.9. The molecule has 112 valence electrons. The van der Waals surface area contributed by atoms with E-state index in [0.29, 0.717) is 16.8 Å². The SMILES string of the molecule is COc1ccc(-c2[nH]c3ccccc3c2CC(=O)O)cc1F. The van der Waals surface area contributed by atoms with Gasteiger partial charge in [-0.1, -0.05) is 18.2 Å². The highest BCUT2D eigenvalue weighted by Crippen LogP contribution is 2.32. The molecule has 2 N–H and O–H groups in total. The molecular formula is C17H14FNO3. The molecule has 0 bridgehead atoms. The van der Waals surface area contributed by atoms with Crippen molar-refractivity contribution in [1.29, 1.82) is 0 Å². The van der Waals surface area contributed by atoms with Crippen molar-refractivity contribution in [2.75, 3.05) is 7.11 Å². The molecule has 0 unspecified atom stereocenters.